The summed E-state index contributed by atoms with van der Waals surface area (Å²) in [5, 5.41) is 8.96. The van der Waals surface area contributed by atoms with Gasteiger partial charge in [0.05, 0.1) is 11.5 Å². The van der Waals surface area contributed by atoms with E-state index >= 15 is 0 Å². The highest BCUT2D eigenvalue weighted by Gasteiger charge is 2.71. The van der Waals surface area contributed by atoms with Crippen LogP contribution in [0.15, 0.2) is 12.2 Å². The van der Waals surface area contributed by atoms with E-state index in [9.17, 15) is 0 Å². The molecule has 3 aliphatic rings. The van der Waals surface area contributed by atoms with Crippen molar-refractivity contribution in [1.29, 1.82) is 5.26 Å². The van der Waals surface area contributed by atoms with Crippen LogP contribution in [0.3, 0.4) is 0 Å². The van der Waals surface area contributed by atoms with Gasteiger partial charge in [-0.3, -0.25) is 0 Å². The molecule has 0 aliphatic heterocycles. The maximum absolute atomic E-state index is 8.96. The smallest absolute Gasteiger partial charge is 0.0693 e. The predicted molar refractivity (Wildman–Crippen MR) is 41.4 cm³/mol. The maximum Gasteiger partial charge on any atom is 0.0693 e. The van der Waals surface area contributed by atoms with Gasteiger partial charge >= 0.3 is 0 Å². The minimum atomic E-state index is 0.0527. The normalized spacial score (nSPS) is 62.5. The lowest BCUT2D eigenvalue weighted by molar-refractivity contribution is 0.441. The van der Waals surface area contributed by atoms with E-state index in [2.05, 4.69) is 25.1 Å². The lowest BCUT2D eigenvalue weighted by Crippen LogP contribution is -2.06. The second-order valence-corrected chi connectivity index (χ2v) is 4.39. The molecule has 0 N–H and O–H groups in total. The Morgan fingerprint density at radius 2 is 1.91 bits per heavy atom. The van der Waals surface area contributed by atoms with Gasteiger partial charge in [-0.25, -0.2) is 0 Å². The summed E-state index contributed by atoms with van der Waals surface area (Å²) in [4.78, 5) is 0. The highest BCUT2D eigenvalue weighted by molar-refractivity contribution is 5.33. The average molecular weight is 145 g/mol. The molecule has 0 aromatic heterocycles. The van der Waals surface area contributed by atoms with E-state index in [-0.39, 0.29) is 5.41 Å². The van der Waals surface area contributed by atoms with Crippen LogP contribution in [0.2, 0.25) is 0 Å². The van der Waals surface area contributed by atoms with E-state index in [1.165, 1.54) is 6.42 Å². The van der Waals surface area contributed by atoms with Gasteiger partial charge in [0.15, 0.2) is 0 Å². The zero-order valence-corrected chi connectivity index (χ0v) is 6.62. The second kappa shape index (κ2) is 1.39. The zero-order chi connectivity index (χ0) is 7.64. The molecular formula is C10H11N. The topological polar surface area (TPSA) is 23.8 Å². The standard InChI is InChI=1S/C10H11N/c1-10(5-11)8-6-2-3-7(4-6)9(8)10/h2-3,6-9H,4H2,1H3/t6-,7+,8-,9+,10?. The molecule has 2 saturated carbocycles. The first-order valence-corrected chi connectivity index (χ1v) is 4.37. The molecule has 0 saturated heterocycles. The molecule has 0 spiro atoms. The van der Waals surface area contributed by atoms with Gasteiger partial charge < -0.3 is 0 Å². The number of fused-ring (bicyclic) bond motifs is 5. The van der Waals surface area contributed by atoms with Crippen molar-refractivity contribution in [3.05, 3.63) is 12.2 Å². The fraction of sp³-hybridized carbons (Fsp3) is 0.700. The number of allylic oxidation sites excluding steroid dienone is 2. The Bertz CT molecular complexity index is 266. The van der Waals surface area contributed by atoms with Crippen LogP contribution in [0.5, 0.6) is 0 Å². The van der Waals surface area contributed by atoms with Crippen LogP contribution in [0.4, 0.5) is 0 Å². The summed E-state index contributed by atoms with van der Waals surface area (Å²) in [5.41, 5.74) is 0.0527. The van der Waals surface area contributed by atoms with Crippen molar-refractivity contribution in [3.8, 4) is 6.07 Å². The maximum atomic E-state index is 8.96. The lowest BCUT2D eigenvalue weighted by atomic mass is 9.92. The molecule has 56 valence electrons. The molecule has 0 heterocycles. The van der Waals surface area contributed by atoms with Crippen LogP contribution in [0.1, 0.15) is 13.3 Å². The van der Waals surface area contributed by atoms with Crippen LogP contribution in [-0.2, 0) is 0 Å². The highest BCUT2D eigenvalue weighted by Crippen LogP contribution is 2.73. The van der Waals surface area contributed by atoms with Crippen LogP contribution in [-0.4, -0.2) is 0 Å². The van der Waals surface area contributed by atoms with Gasteiger partial charge in [0.2, 0.25) is 0 Å². The molecule has 0 aromatic rings. The second-order valence-electron chi connectivity index (χ2n) is 4.39. The molecule has 3 rings (SSSR count). The Hall–Kier alpha value is -0.770. The van der Waals surface area contributed by atoms with Gasteiger partial charge in [-0.1, -0.05) is 12.2 Å². The Morgan fingerprint density at radius 1 is 1.36 bits per heavy atom. The predicted octanol–water partition coefficient (Wildman–Crippen LogP) is 1.97. The molecule has 0 aromatic carbocycles. The van der Waals surface area contributed by atoms with Crippen molar-refractivity contribution >= 4 is 0 Å². The van der Waals surface area contributed by atoms with Crippen molar-refractivity contribution in [2.24, 2.45) is 29.1 Å². The van der Waals surface area contributed by atoms with Crippen molar-refractivity contribution in [3.63, 3.8) is 0 Å². The molecular weight excluding hydrogens is 134 g/mol. The highest BCUT2D eigenvalue weighted by atomic mass is 14.7. The minimum absolute atomic E-state index is 0.0527. The van der Waals surface area contributed by atoms with Crippen LogP contribution < -0.4 is 0 Å². The number of rotatable bonds is 0. The van der Waals surface area contributed by atoms with E-state index in [0.29, 0.717) is 0 Å². The fourth-order valence-electron chi connectivity index (χ4n) is 3.44. The van der Waals surface area contributed by atoms with E-state index in [4.69, 9.17) is 5.26 Å². The first-order chi connectivity index (χ1) is 5.27. The summed E-state index contributed by atoms with van der Waals surface area (Å²) in [6, 6.07) is 2.48. The molecule has 2 fully saturated rings. The van der Waals surface area contributed by atoms with Gasteiger partial charge in [0, 0.05) is 0 Å². The first kappa shape index (κ1) is 5.83. The molecule has 0 amide bonds. The van der Waals surface area contributed by atoms with E-state index < -0.39 is 0 Å². The monoisotopic (exact) mass is 145 g/mol. The van der Waals surface area contributed by atoms with Crippen molar-refractivity contribution in [2.75, 3.05) is 0 Å². The number of nitriles is 1. The third-order valence-corrected chi connectivity index (χ3v) is 3.98. The molecule has 0 radical (unpaired) electrons. The minimum Gasteiger partial charge on any atom is -0.198 e. The van der Waals surface area contributed by atoms with Crippen LogP contribution >= 0.6 is 0 Å². The number of nitrogens with zero attached hydrogens (tertiary/aromatic N) is 1. The third kappa shape index (κ3) is 0.437. The molecule has 1 unspecified atom stereocenters. The Balaban J connectivity index is 2.02. The van der Waals surface area contributed by atoms with Gasteiger partial charge in [-0.05, 0) is 37.0 Å². The third-order valence-electron chi connectivity index (χ3n) is 3.98. The summed E-state index contributed by atoms with van der Waals surface area (Å²) in [6.45, 7) is 2.13. The zero-order valence-electron chi connectivity index (χ0n) is 6.62. The molecule has 3 aliphatic carbocycles. The van der Waals surface area contributed by atoms with Crippen molar-refractivity contribution in [1.82, 2.24) is 0 Å². The Labute approximate surface area is 66.7 Å². The molecule has 2 bridgehead atoms. The molecule has 1 heteroatoms. The number of hydrogen-bond acceptors (Lipinski definition) is 1. The Morgan fingerprint density at radius 3 is 2.36 bits per heavy atom. The van der Waals surface area contributed by atoms with Gasteiger partial charge in [0.25, 0.3) is 0 Å². The largest absolute Gasteiger partial charge is 0.198 e. The molecule has 11 heavy (non-hydrogen) atoms. The van der Waals surface area contributed by atoms with Crippen LogP contribution in [0.25, 0.3) is 0 Å². The summed E-state index contributed by atoms with van der Waals surface area (Å²) in [7, 11) is 0. The Kier molecular flexibility index (Phi) is 0.735. The summed E-state index contributed by atoms with van der Waals surface area (Å²) in [6.07, 6.45) is 6.00. The SMILES string of the molecule is CC1(C#N)[C@@H]2[C@H]1[C@@H]1C=C[C@H]2C1. The van der Waals surface area contributed by atoms with E-state index in [0.717, 1.165) is 23.7 Å². The van der Waals surface area contributed by atoms with Crippen molar-refractivity contribution < 1.29 is 0 Å². The van der Waals surface area contributed by atoms with Gasteiger partial charge in [-0.2, -0.15) is 5.26 Å². The lowest BCUT2D eigenvalue weighted by Gasteiger charge is -2.09. The first-order valence-electron chi connectivity index (χ1n) is 4.37. The molecule has 5 atom stereocenters. The van der Waals surface area contributed by atoms with Crippen molar-refractivity contribution in [2.45, 2.75) is 13.3 Å². The molecule has 1 nitrogen and oxygen atoms in total. The summed E-state index contributed by atoms with van der Waals surface area (Å²) >= 11 is 0. The van der Waals surface area contributed by atoms with E-state index in [1.807, 2.05) is 0 Å². The van der Waals surface area contributed by atoms with E-state index in [1.54, 1.807) is 0 Å². The fourth-order valence-corrected chi connectivity index (χ4v) is 3.44. The van der Waals surface area contributed by atoms with Gasteiger partial charge in [0.1, 0.15) is 0 Å². The summed E-state index contributed by atoms with van der Waals surface area (Å²) < 4.78 is 0. The number of hydrogen-bond donors (Lipinski definition) is 0. The quantitative estimate of drug-likeness (QED) is 0.478. The summed E-state index contributed by atoms with van der Waals surface area (Å²) in [5.74, 6) is 2.97. The average Bonchev–Trinajstić information content (AvgIpc) is 2.46. The van der Waals surface area contributed by atoms with Gasteiger partial charge in [-0.15, -0.1) is 0 Å². The van der Waals surface area contributed by atoms with Crippen LogP contribution in [0, 0.1) is 40.4 Å².